The van der Waals surface area contributed by atoms with Gasteiger partial charge in [0.05, 0.1) is 0 Å². The zero-order valence-electron chi connectivity index (χ0n) is 19.9. The minimum Gasteiger partial charge on any atom is -0.214 e. The molecule has 0 radical (unpaired) electrons. The minimum atomic E-state index is 0.194. The molecule has 0 aliphatic carbocycles. The smallest absolute Gasteiger partial charge is 0.172 e. The Morgan fingerprint density at radius 3 is 1.33 bits per heavy atom. The predicted octanol–water partition coefficient (Wildman–Crippen LogP) is 8.46. The first-order chi connectivity index (χ1) is 13.9. The molecule has 0 saturated carbocycles. The zero-order chi connectivity index (χ0) is 22.5. The monoisotopic (exact) mass is 564 g/mol. The third-order valence-corrected chi connectivity index (χ3v) is 5.00. The van der Waals surface area contributed by atoms with Crippen LogP contribution in [0.1, 0.15) is 66.5 Å². The normalized spacial score (nSPS) is 11.5. The zero-order valence-corrected chi connectivity index (χ0v) is 23.5. The molecule has 0 aromatic heterocycles. The van der Waals surface area contributed by atoms with E-state index in [0.717, 1.165) is 0 Å². The Bertz CT molecular complexity index is 988. The summed E-state index contributed by atoms with van der Waals surface area (Å²) in [4.78, 5) is 0. The van der Waals surface area contributed by atoms with Gasteiger partial charge in [0.2, 0.25) is 0 Å². The van der Waals surface area contributed by atoms with Gasteiger partial charge >= 0.3 is 41.0 Å². The van der Waals surface area contributed by atoms with Crippen LogP contribution in [0.3, 0.4) is 0 Å². The van der Waals surface area contributed by atoms with E-state index in [1.165, 1.54) is 56.6 Å². The van der Waals surface area contributed by atoms with Crippen LogP contribution in [0.2, 0.25) is 0 Å². The largest absolute Gasteiger partial charge is 0.214 e. The van der Waals surface area contributed by atoms with Crippen molar-refractivity contribution in [1.82, 2.24) is 0 Å². The van der Waals surface area contributed by atoms with E-state index in [9.17, 15) is 0 Å². The van der Waals surface area contributed by atoms with Gasteiger partial charge in [0, 0.05) is 0 Å². The van der Waals surface area contributed by atoms with Crippen LogP contribution in [0.15, 0.2) is 72.8 Å². The summed E-state index contributed by atoms with van der Waals surface area (Å²) in [7, 11) is 0. The standard InChI is InChI=1S/C21H25.C5H5.C3H6.Hf/c1-20(2,3)16-9-7-14-11-15-8-10-17(21(4,5)6)13-19(15)18(14)12-16;1-2-4-5-3-1;1-3-2;/h7-13H,1-6H3;1-5H;1-2H3;/q2*-1;;+2. The van der Waals surface area contributed by atoms with Gasteiger partial charge in [-0.3, -0.25) is 0 Å². The fraction of sp³-hybridized carbons (Fsp3) is 0.345. The van der Waals surface area contributed by atoms with E-state index < -0.39 is 0 Å². The summed E-state index contributed by atoms with van der Waals surface area (Å²) in [5.41, 5.74) is 3.20. The van der Waals surface area contributed by atoms with Crippen molar-refractivity contribution < 1.29 is 23.9 Å². The van der Waals surface area contributed by atoms with Crippen LogP contribution < -0.4 is 0 Å². The van der Waals surface area contributed by atoms with Gasteiger partial charge in [0.25, 0.3) is 0 Å². The van der Waals surface area contributed by atoms with Crippen molar-refractivity contribution in [2.75, 3.05) is 0 Å². The molecule has 156 valence electrons. The van der Waals surface area contributed by atoms with Crippen molar-refractivity contribution in [2.45, 2.75) is 66.2 Å². The van der Waals surface area contributed by atoms with E-state index in [1.807, 2.05) is 30.3 Å². The molecule has 30 heavy (non-hydrogen) atoms. The second kappa shape index (κ2) is 10.1. The van der Waals surface area contributed by atoms with Crippen molar-refractivity contribution in [3.05, 3.63) is 83.9 Å². The number of hydrogen-bond acceptors (Lipinski definition) is 0. The van der Waals surface area contributed by atoms with Gasteiger partial charge in [-0.1, -0.05) is 76.9 Å². The topological polar surface area (TPSA) is 0 Å². The van der Waals surface area contributed by atoms with Crippen molar-refractivity contribution in [3.63, 3.8) is 0 Å². The van der Waals surface area contributed by atoms with Gasteiger partial charge in [-0.05, 0) is 10.8 Å². The molecule has 0 aliphatic heterocycles. The Hall–Kier alpha value is -1.60. The molecule has 4 aromatic rings. The number of fused-ring (bicyclic) bond motifs is 3. The Labute approximate surface area is 198 Å². The summed E-state index contributed by atoms with van der Waals surface area (Å²) in [5, 5.41) is 5.49. The molecule has 0 aliphatic rings. The SMILES string of the molecule is CC(C)(C)c1ccc2[cH-]c3ccc(C(C)(C)C)cc3c2c1.C[C](C)=[Hf+2].c1cc[cH-]c1. The third kappa shape index (κ3) is 6.98. The number of rotatable bonds is 0. The minimum absolute atomic E-state index is 0.194. The molecule has 0 N–H and O–H groups in total. The molecule has 0 unspecified atom stereocenters. The molecule has 0 saturated heterocycles. The molecule has 0 heterocycles. The second-order valence-electron chi connectivity index (χ2n) is 10.2. The van der Waals surface area contributed by atoms with E-state index >= 15 is 0 Å². The first kappa shape index (κ1) is 24.7. The average Bonchev–Trinajstić information content (AvgIpc) is 3.30. The van der Waals surface area contributed by atoms with Gasteiger partial charge in [0.15, 0.2) is 0 Å². The molecule has 0 fully saturated rings. The Morgan fingerprint density at radius 2 is 1.07 bits per heavy atom. The van der Waals surface area contributed by atoms with Crippen molar-refractivity contribution in [2.24, 2.45) is 0 Å². The number of hydrogen-bond donors (Lipinski definition) is 0. The fourth-order valence-electron chi connectivity index (χ4n) is 3.25. The Kier molecular flexibility index (Phi) is 8.34. The van der Waals surface area contributed by atoms with Gasteiger partial charge in [0.1, 0.15) is 0 Å². The molecule has 0 spiro atoms. The number of benzene rings is 2. The first-order valence-electron chi connectivity index (χ1n) is 10.7. The molecule has 0 bridgehead atoms. The van der Waals surface area contributed by atoms with Crippen LogP contribution in [0.4, 0.5) is 0 Å². The van der Waals surface area contributed by atoms with Crippen molar-refractivity contribution >= 4 is 24.8 Å². The quantitative estimate of drug-likeness (QED) is 0.149. The maximum atomic E-state index is 2.38. The summed E-state index contributed by atoms with van der Waals surface area (Å²) in [5.74, 6) is 0. The molecular weight excluding hydrogens is 527 g/mol. The van der Waals surface area contributed by atoms with Gasteiger partial charge < -0.3 is 0 Å². The van der Waals surface area contributed by atoms with E-state index in [4.69, 9.17) is 0 Å². The summed E-state index contributed by atoms with van der Waals surface area (Å²) in [6.45, 7) is 18.0. The van der Waals surface area contributed by atoms with Crippen LogP contribution in [-0.4, -0.2) is 3.26 Å². The first-order valence-corrected chi connectivity index (χ1v) is 12.5. The third-order valence-electron chi connectivity index (χ3n) is 5.00. The fourth-order valence-corrected chi connectivity index (χ4v) is 3.25. The summed E-state index contributed by atoms with van der Waals surface area (Å²) >= 11 is 1.27. The van der Waals surface area contributed by atoms with Crippen LogP contribution in [0.5, 0.6) is 0 Å². The predicted molar refractivity (Wildman–Crippen MR) is 133 cm³/mol. The molecular formula is C29H36Hf. The maximum Gasteiger partial charge on any atom is -0.172 e. The summed E-state index contributed by atoms with van der Waals surface area (Å²) < 4.78 is 1.56. The van der Waals surface area contributed by atoms with E-state index in [2.05, 4.69) is 97.9 Å². The molecule has 4 aromatic carbocycles. The van der Waals surface area contributed by atoms with Crippen molar-refractivity contribution in [3.8, 4) is 0 Å². The second-order valence-corrected chi connectivity index (χ2v) is 13.8. The molecule has 0 nitrogen and oxygen atoms in total. The summed E-state index contributed by atoms with van der Waals surface area (Å²) in [6, 6.07) is 26.1. The van der Waals surface area contributed by atoms with Crippen LogP contribution in [-0.2, 0) is 34.7 Å². The molecule has 1 heteroatoms. The molecule has 4 rings (SSSR count). The van der Waals surface area contributed by atoms with Gasteiger partial charge in [-0.25, -0.2) is 12.1 Å². The van der Waals surface area contributed by atoms with E-state index in [-0.39, 0.29) is 10.8 Å². The van der Waals surface area contributed by atoms with Crippen LogP contribution >= 0.6 is 0 Å². The average molecular weight is 563 g/mol. The Balaban J connectivity index is 0.000000297. The van der Waals surface area contributed by atoms with Crippen molar-refractivity contribution in [1.29, 1.82) is 0 Å². The van der Waals surface area contributed by atoms with Gasteiger partial charge in [-0.15, -0.1) is 39.7 Å². The van der Waals surface area contributed by atoms with Gasteiger partial charge in [-0.2, -0.15) is 18.2 Å². The Morgan fingerprint density at radius 1 is 0.700 bits per heavy atom. The maximum absolute atomic E-state index is 2.38. The van der Waals surface area contributed by atoms with Crippen LogP contribution in [0.25, 0.3) is 21.5 Å². The summed E-state index contributed by atoms with van der Waals surface area (Å²) in [6.07, 6.45) is 0. The van der Waals surface area contributed by atoms with E-state index in [1.54, 1.807) is 3.26 Å². The molecule has 0 amide bonds. The van der Waals surface area contributed by atoms with E-state index in [0.29, 0.717) is 0 Å². The van der Waals surface area contributed by atoms with Crippen LogP contribution in [0, 0.1) is 0 Å². The molecule has 0 atom stereocenters.